The minimum Gasteiger partial charge on any atom is -0.744 e. The van der Waals surface area contributed by atoms with Crippen LogP contribution in [0.1, 0.15) is 96.1 Å². The van der Waals surface area contributed by atoms with Crippen LogP contribution < -0.4 is 4.57 Å². The van der Waals surface area contributed by atoms with Crippen molar-refractivity contribution in [3.63, 3.8) is 0 Å². The third-order valence-electron chi connectivity index (χ3n) is 6.95. The van der Waals surface area contributed by atoms with Crippen LogP contribution in [0.5, 0.6) is 0 Å². The van der Waals surface area contributed by atoms with E-state index in [-0.39, 0.29) is 10.4 Å². The fourth-order valence-corrected chi connectivity index (χ4v) is 5.00. The van der Waals surface area contributed by atoms with Crippen molar-refractivity contribution in [2.24, 2.45) is 0 Å². The Bertz CT molecular complexity index is 1150. The molecule has 0 spiro atoms. The first-order valence-electron chi connectivity index (χ1n) is 13.9. The Morgan fingerprint density at radius 1 is 0.737 bits per heavy atom. The Labute approximate surface area is 235 Å². The van der Waals surface area contributed by atoms with Crippen LogP contribution in [-0.2, 0) is 22.1 Å². The highest BCUT2D eigenvalue weighted by molar-refractivity contribution is 7.85. The molecule has 0 N–H and O–H groups in total. The number of benzene rings is 2. The lowest BCUT2D eigenvalue weighted by atomic mass is 9.94. The topological polar surface area (TPSA) is 61.1 Å². The quantitative estimate of drug-likeness (QED) is 0.113. The van der Waals surface area contributed by atoms with E-state index in [2.05, 4.69) is 49.6 Å². The maximum Gasteiger partial charge on any atom is 0.187 e. The zero-order valence-electron chi connectivity index (χ0n) is 23.2. The van der Waals surface area contributed by atoms with E-state index in [1.165, 1.54) is 75.5 Å². The summed E-state index contributed by atoms with van der Waals surface area (Å²) in [7, 11) is -4.31. The summed E-state index contributed by atoms with van der Waals surface area (Å²) in [5.41, 5.74) is 2.32. The van der Waals surface area contributed by atoms with Gasteiger partial charge >= 0.3 is 0 Å². The van der Waals surface area contributed by atoms with Crippen LogP contribution in [0.4, 0.5) is 0 Å². The number of unbranched alkanes of at least 4 members (excludes halogenated alkanes) is 9. The highest BCUT2D eigenvalue weighted by Crippen LogP contribution is 2.19. The molecule has 4 nitrogen and oxygen atoms in total. The first kappa shape index (κ1) is 32.0. The Morgan fingerprint density at radius 2 is 1.24 bits per heavy atom. The first-order chi connectivity index (χ1) is 18.1. The molecule has 0 aliphatic heterocycles. The largest absolute Gasteiger partial charge is 0.744 e. The highest BCUT2D eigenvalue weighted by atomic mass is 35.5. The molecule has 0 radical (unpaired) electrons. The van der Waals surface area contributed by atoms with Gasteiger partial charge in [0.15, 0.2) is 17.9 Å². The maximum atomic E-state index is 10.8. The predicted octanol–water partition coefficient (Wildman–Crippen LogP) is 8.47. The molecular weight excluding hydrogens is 514 g/mol. The van der Waals surface area contributed by atoms with Gasteiger partial charge in [-0.05, 0) is 30.5 Å². The molecule has 0 bridgehead atoms. The average Bonchev–Trinajstić information content (AvgIpc) is 2.91. The number of aryl methyl sites for hydroxylation is 1. The molecule has 0 saturated heterocycles. The van der Waals surface area contributed by atoms with Crippen molar-refractivity contribution >= 4 is 21.7 Å². The molecule has 38 heavy (non-hydrogen) atoms. The summed E-state index contributed by atoms with van der Waals surface area (Å²) >= 11 is 5.89. The number of halogens is 1. The molecule has 3 aromatic rings. The van der Waals surface area contributed by atoms with E-state index in [1.54, 1.807) is 12.1 Å². The zero-order valence-corrected chi connectivity index (χ0v) is 24.8. The second kappa shape index (κ2) is 16.7. The van der Waals surface area contributed by atoms with Crippen molar-refractivity contribution in [2.45, 2.75) is 102 Å². The Kier molecular flexibility index (Phi) is 14.1. The lowest BCUT2D eigenvalue weighted by Gasteiger charge is -2.19. The number of nitrogens with zero attached hydrogens (tertiary/aromatic N) is 1. The predicted molar refractivity (Wildman–Crippen MR) is 156 cm³/mol. The molecule has 0 aliphatic carbocycles. The van der Waals surface area contributed by atoms with Gasteiger partial charge in [-0.3, -0.25) is 0 Å². The molecule has 0 aliphatic rings. The molecular formula is C32H44ClNO3S. The van der Waals surface area contributed by atoms with Gasteiger partial charge in [-0.15, -0.1) is 0 Å². The minimum atomic E-state index is -4.31. The van der Waals surface area contributed by atoms with Crippen LogP contribution in [0.2, 0.25) is 5.02 Å². The van der Waals surface area contributed by atoms with Gasteiger partial charge in [-0.1, -0.05) is 119 Å². The molecule has 208 valence electrons. The number of hydrogen-bond acceptors (Lipinski definition) is 3. The smallest absolute Gasteiger partial charge is 0.187 e. The summed E-state index contributed by atoms with van der Waals surface area (Å²) in [6.45, 7) is 6.62. The average molecular weight is 558 g/mol. The molecule has 0 amide bonds. The van der Waals surface area contributed by atoms with E-state index in [0.29, 0.717) is 0 Å². The van der Waals surface area contributed by atoms with Crippen molar-refractivity contribution in [1.29, 1.82) is 0 Å². The van der Waals surface area contributed by atoms with Crippen molar-refractivity contribution in [1.82, 2.24) is 0 Å². The second-order valence-corrected chi connectivity index (χ2v) is 12.2. The molecule has 2 aromatic carbocycles. The van der Waals surface area contributed by atoms with Gasteiger partial charge in [-0.2, -0.15) is 4.57 Å². The summed E-state index contributed by atoms with van der Waals surface area (Å²) in [6, 6.07) is 20.6. The maximum absolute atomic E-state index is 10.8. The molecule has 3 rings (SSSR count). The van der Waals surface area contributed by atoms with Gasteiger partial charge in [0.2, 0.25) is 0 Å². The summed E-state index contributed by atoms with van der Waals surface area (Å²) in [5, 5.41) is 0.764. The fraction of sp³-hybridized carbons (Fsp3) is 0.469. The van der Waals surface area contributed by atoms with Gasteiger partial charge in [0.25, 0.3) is 0 Å². The SMILES string of the molecule is CC(C)(c1ccccc1)[n+]1ccc(Cl)cc1.CCCCCCCCCCCCc1ccc(S(=O)(=O)[O-])cc1. The van der Waals surface area contributed by atoms with Crippen LogP contribution in [0.25, 0.3) is 0 Å². The fourth-order valence-electron chi connectivity index (χ4n) is 4.42. The van der Waals surface area contributed by atoms with Crippen molar-refractivity contribution in [3.8, 4) is 0 Å². The number of pyridine rings is 1. The first-order valence-corrected chi connectivity index (χ1v) is 15.7. The summed E-state index contributed by atoms with van der Waals surface area (Å²) in [4.78, 5) is -0.140. The molecule has 0 fully saturated rings. The van der Waals surface area contributed by atoms with Crippen LogP contribution in [-0.4, -0.2) is 13.0 Å². The normalized spacial score (nSPS) is 11.6. The monoisotopic (exact) mass is 557 g/mol. The van der Waals surface area contributed by atoms with Crippen LogP contribution >= 0.6 is 11.6 Å². The standard InChI is InChI=1S/C18H30O3S.C14H15ClN/c1-2-3-4-5-6-7-8-9-10-11-12-17-13-15-18(16-14-17)22(19,20)21;1-14(2,12-6-4-3-5-7-12)16-10-8-13(15)9-11-16/h13-16H,2-12H2,1H3,(H,19,20,21);3-11H,1-2H3/q;+1/p-1. The molecule has 6 heteroatoms. The van der Waals surface area contributed by atoms with Crippen LogP contribution in [0.15, 0.2) is 84.0 Å². The zero-order chi connectivity index (χ0) is 27.9. The molecule has 0 unspecified atom stereocenters. The number of rotatable bonds is 14. The van der Waals surface area contributed by atoms with Crippen LogP contribution in [0.3, 0.4) is 0 Å². The summed E-state index contributed by atoms with van der Waals surface area (Å²) < 4.78 is 34.7. The molecule has 1 heterocycles. The number of hydrogen-bond donors (Lipinski definition) is 0. The lowest BCUT2D eigenvalue weighted by molar-refractivity contribution is -0.747. The van der Waals surface area contributed by atoms with E-state index in [9.17, 15) is 13.0 Å². The Balaban J connectivity index is 0.000000279. The van der Waals surface area contributed by atoms with Gasteiger partial charge in [0, 0.05) is 31.5 Å². The van der Waals surface area contributed by atoms with Gasteiger partial charge < -0.3 is 4.55 Å². The van der Waals surface area contributed by atoms with Crippen molar-refractivity contribution in [2.75, 3.05) is 0 Å². The molecule has 0 atom stereocenters. The highest BCUT2D eigenvalue weighted by Gasteiger charge is 2.29. The summed E-state index contributed by atoms with van der Waals surface area (Å²) in [6.07, 6.45) is 18.1. The van der Waals surface area contributed by atoms with Crippen molar-refractivity contribution in [3.05, 3.63) is 95.3 Å². The Hall–Kier alpha value is -2.21. The van der Waals surface area contributed by atoms with Gasteiger partial charge in [-0.25, -0.2) is 8.42 Å². The van der Waals surface area contributed by atoms with Crippen LogP contribution in [0, 0.1) is 0 Å². The third kappa shape index (κ3) is 11.7. The lowest BCUT2D eigenvalue weighted by Crippen LogP contribution is -2.52. The van der Waals surface area contributed by atoms with E-state index in [4.69, 9.17) is 11.6 Å². The van der Waals surface area contributed by atoms with E-state index in [1.807, 2.05) is 30.6 Å². The number of aromatic nitrogens is 1. The van der Waals surface area contributed by atoms with Gasteiger partial charge in [0.05, 0.1) is 9.92 Å². The second-order valence-electron chi connectivity index (χ2n) is 10.4. The third-order valence-corrected chi connectivity index (χ3v) is 8.05. The minimum absolute atomic E-state index is 0.0636. The van der Waals surface area contributed by atoms with E-state index < -0.39 is 10.1 Å². The summed E-state index contributed by atoms with van der Waals surface area (Å²) in [5.74, 6) is 0. The molecule has 0 saturated carbocycles. The molecule has 1 aromatic heterocycles. The Morgan fingerprint density at radius 3 is 1.74 bits per heavy atom. The van der Waals surface area contributed by atoms with E-state index in [0.717, 1.165) is 23.4 Å². The van der Waals surface area contributed by atoms with E-state index >= 15 is 0 Å². The van der Waals surface area contributed by atoms with Gasteiger partial charge in [0.1, 0.15) is 10.1 Å². The van der Waals surface area contributed by atoms with Crippen molar-refractivity contribution < 1.29 is 17.5 Å².